The molecule has 0 aliphatic carbocycles. The minimum atomic E-state index is -1.38. The number of nitrogens with two attached hydrogens (primary N) is 1. The molecule has 162 valence electrons. The summed E-state index contributed by atoms with van der Waals surface area (Å²) in [6.07, 6.45) is 2.72. The van der Waals surface area contributed by atoms with Crippen LogP contribution in [0.1, 0.15) is 45.1 Å². The zero-order chi connectivity index (χ0) is 21.8. The Kier molecular flexibility index (Phi) is 9.55. The number of hydrogen-bond donors (Lipinski definition) is 1. The molecule has 30 heavy (non-hydrogen) atoms. The van der Waals surface area contributed by atoms with Gasteiger partial charge in [-0.3, -0.25) is 9.59 Å². The number of hydrogen-bond acceptors (Lipinski definition) is 5. The zero-order valence-electron chi connectivity index (χ0n) is 18.1. The molecular weight excluding hydrogens is 378 g/mol. The van der Waals surface area contributed by atoms with Gasteiger partial charge in [0, 0.05) is 0 Å². The quantitative estimate of drug-likeness (QED) is 0.315. The van der Waals surface area contributed by atoms with Crippen LogP contribution in [0.15, 0.2) is 54.6 Å². The van der Waals surface area contributed by atoms with E-state index in [0.717, 1.165) is 29.5 Å². The predicted octanol–water partition coefficient (Wildman–Crippen LogP) is 4.53. The van der Waals surface area contributed by atoms with Crippen LogP contribution in [0.25, 0.3) is 11.1 Å². The fourth-order valence-electron chi connectivity index (χ4n) is 3.43. The van der Waals surface area contributed by atoms with Gasteiger partial charge < -0.3 is 15.2 Å². The van der Waals surface area contributed by atoms with Crippen molar-refractivity contribution < 1.29 is 19.1 Å². The highest BCUT2D eigenvalue weighted by atomic mass is 16.6. The molecule has 0 aliphatic heterocycles. The van der Waals surface area contributed by atoms with Gasteiger partial charge in [0.05, 0.1) is 13.2 Å². The Hall–Kier alpha value is -2.66. The van der Waals surface area contributed by atoms with Crippen molar-refractivity contribution in [2.24, 2.45) is 11.1 Å². The van der Waals surface area contributed by atoms with Gasteiger partial charge >= 0.3 is 11.9 Å². The monoisotopic (exact) mass is 411 g/mol. The highest BCUT2D eigenvalue weighted by Crippen LogP contribution is 2.33. The maximum atomic E-state index is 13.1. The Bertz CT molecular complexity index is 789. The number of esters is 2. The third-order valence-electron chi connectivity index (χ3n) is 5.16. The Labute approximate surface area is 179 Å². The molecular formula is C25H33NO4. The number of carbonyl (C=O) groups excluding carboxylic acids is 2. The maximum Gasteiger partial charge on any atom is 0.323 e. The van der Waals surface area contributed by atoms with Gasteiger partial charge in [-0.15, -0.1) is 0 Å². The predicted molar refractivity (Wildman–Crippen MR) is 119 cm³/mol. The third kappa shape index (κ3) is 6.17. The first kappa shape index (κ1) is 23.6. The molecule has 0 unspecified atom stereocenters. The largest absolute Gasteiger partial charge is 0.465 e. The molecule has 0 spiro atoms. The van der Waals surface area contributed by atoms with Crippen molar-refractivity contribution >= 4 is 11.9 Å². The molecule has 0 radical (unpaired) electrons. The molecule has 0 saturated heterocycles. The molecule has 2 aromatic rings. The van der Waals surface area contributed by atoms with Crippen LogP contribution < -0.4 is 5.73 Å². The van der Waals surface area contributed by atoms with E-state index in [1.54, 1.807) is 6.92 Å². The van der Waals surface area contributed by atoms with Gasteiger partial charge in [0.1, 0.15) is 0 Å². The van der Waals surface area contributed by atoms with E-state index in [1.807, 2.05) is 61.5 Å². The first-order chi connectivity index (χ1) is 14.6. The van der Waals surface area contributed by atoms with Gasteiger partial charge in [-0.1, -0.05) is 67.9 Å². The lowest BCUT2D eigenvalue weighted by Gasteiger charge is -2.29. The molecule has 0 saturated carbocycles. The number of ether oxygens (including phenoxy) is 2. The summed E-state index contributed by atoms with van der Waals surface area (Å²) in [5.74, 6) is -1.05. The maximum absolute atomic E-state index is 13.1. The van der Waals surface area contributed by atoms with Gasteiger partial charge in [0.25, 0.3) is 0 Å². The molecule has 1 atom stereocenters. The normalized spacial score (nSPS) is 12.8. The van der Waals surface area contributed by atoms with E-state index >= 15 is 0 Å². The van der Waals surface area contributed by atoms with Gasteiger partial charge in [0.2, 0.25) is 0 Å². The fraction of sp³-hybridized carbons (Fsp3) is 0.440. The van der Waals surface area contributed by atoms with Crippen molar-refractivity contribution in [2.75, 3.05) is 19.8 Å². The van der Waals surface area contributed by atoms with Crippen LogP contribution in [0.5, 0.6) is 0 Å². The molecule has 2 rings (SSSR count). The summed E-state index contributed by atoms with van der Waals surface area (Å²) in [5, 5.41) is 0. The van der Waals surface area contributed by atoms with E-state index in [4.69, 9.17) is 15.2 Å². The standard InChI is InChI=1S/C25H33NO4/c1-3-5-18-30-24(28)25(16-9-17-26,23(27)29-4-2)19-20-12-14-22(15-13-20)21-10-7-6-8-11-21/h6-8,10-15H,3-5,9,16-19,26H2,1-2H3/t25-/m1/s1. The highest BCUT2D eigenvalue weighted by Gasteiger charge is 2.48. The Morgan fingerprint density at radius 3 is 2.10 bits per heavy atom. The third-order valence-corrected chi connectivity index (χ3v) is 5.16. The molecule has 0 amide bonds. The van der Waals surface area contributed by atoms with Crippen LogP contribution in [0.3, 0.4) is 0 Å². The average Bonchev–Trinajstić information content (AvgIpc) is 2.78. The molecule has 5 heteroatoms. The van der Waals surface area contributed by atoms with E-state index in [1.165, 1.54) is 0 Å². The first-order valence-corrected chi connectivity index (χ1v) is 10.8. The SMILES string of the molecule is CCCCOC(=O)[C@](CCCN)(Cc1ccc(-c2ccccc2)cc1)C(=O)OCC. The van der Waals surface area contributed by atoms with Gasteiger partial charge in [-0.2, -0.15) is 0 Å². The summed E-state index contributed by atoms with van der Waals surface area (Å²) in [7, 11) is 0. The lowest BCUT2D eigenvalue weighted by Crippen LogP contribution is -2.44. The van der Waals surface area contributed by atoms with Crippen LogP contribution >= 0.6 is 0 Å². The molecule has 2 N–H and O–H groups in total. The number of benzene rings is 2. The number of rotatable bonds is 12. The summed E-state index contributed by atoms with van der Waals surface area (Å²) < 4.78 is 10.8. The lowest BCUT2D eigenvalue weighted by atomic mass is 9.77. The molecule has 0 bridgehead atoms. The van der Waals surface area contributed by atoms with Crippen LogP contribution in [0, 0.1) is 5.41 Å². The molecule has 0 heterocycles. The van der Waals surface area contributed by atoms with Crippen molar-refractivity contribution in [3.8, 4) is 11.1 Å². The zero-order valence-corrected chi connectivity index (χ0v) is 18.1. The summed E-state index contributed by atoms with van der Waals surface area (Å²) in [6, 6.07) is 18.0. The number of carbonyl (C=O) groups is 2. The topological polar surface area (TPSA) is 78.6 Å². The van der Waals surface area contributed by atoms with Crippen molar-refractivity contribution in [1.29, 1.82) is 0 Å². The molecule has 2 aromatic carbocycles. The minimum absolute atomic E-state index is 0.207. The van der Waals surface area contributed by atoms with E-state index in [9.17, 15) is 9.59 Å². The van der Waals surface area contributed by atoms with E-state index in [2.05, 4.69) is 0 Å². The van der Waals surface area contributed by atoms with Gasteiger partial charge in [0.15, 0.2) is 5.41 Å². The van der Waals surface area contributed by atoms with Crippen molar-refractivity contribution in [1.82, 2.24) is 0 Å². The second-order valence-corrected chi connectivity index (χ2v) is 7.42. The van der Waals surface area contributed by atoms with Crippen LogP contribution in [-0.2, 0) is 25.5 Å². The van der Waals surface area contributed by atoms with Crippen LogP contribution in [0.4, 0.5) is 0 Å². The molecule has 0 aliphatic rings. The van der Waals surface area contributed by atoms with Crippen molar-refractivity contribution in [3.63, 3.8) is 0 Å². The van der Waals surface area contributed by atoms with Crippen LogP contribution in [0.2, 0.25) is 0 Å². The van der Waals surface area contributed by atoms with Crippen molar-refractivity contribution in [3.05, 3.63) is 60.2 Å². The Balaban J connectivity index is 2.31. The lowest BCUT2D eigenvalue weighted by molar-refractivity contribution is -0.173. The van der Waals surface area contributed by atoms with E-state index in [-0.39, 0.29) is 13.0 Å². The second-order valence-electron chi connectivity index (χ2n) is 7.42. The summed E-state index contributed by atoms with van der Waals surface area (Å²) >= 11 is 0. The highest BCUT2D eigenvalue weighted by molar-refractivity contribution is 6.00. The minimum Gasteiger partial charge on any atom is -0.465 e. The van der Waals surface area contributed by atoms with E-state index in [0.29, 0.717) is 26.0 Å². The molecule has 0 aromatic heterocycles. The Morgan fingerprint density at radius 1 is 0.867 bits per heavy atom. The molecule has 5 nitrogen and oxygen atoms in total. The van der Waals surface area contributed by atoms with Crippen molar-refractivity contribution in [2.45, 2.75) is 46.0 Å². The number of unbranched alkanes of at least 4 members (excludes halogenated alkanes) is 1. The van der Waals surface area contributed by atoms with Gasteiger partial charge in [-0.25, -0.2) is 0 Å². The molecule has 0 fully saturated rings. The van der Waals surface area contributed by atoms with E-state index < -0.39 is 17.4 Å². The summed E-state index contributed by atoms with van der Waals surface area (Å²) in [6.45, 7) is 4.65. The first-order valence-electron chi connectivity index (χ1n) is 10.8. The Morgan fingerprint density at radius 2 is 1.50 bits per heavy atom. The smallest absolute Gasteiger partial charge is 0.323 e. The summed E-state index contributed by atoms with van der Waals surface area (Å²) in [5.41, 5.74) is 7.40. The average molecular weight is 412 g/mol. The summed E-state index contributed by atoms with van der Waals surface area (Å²) in [4.78, 5) is 26.1. The second kappa shape index (κ2) is 12.1. The van der Waals surface area contributed by atoms with Gasteiger partial charge in [-0.05, 0) is 55.8 Å². The fourth-order valence-corrected chi connectivity index (χ4v) is 3.43. The van der Waals surface area contributed by atoms with Crippen LogP contribution in [-0.4, -0.2) is 31.7 Å².